The topological polar surface area (TPSA) is 61.2 Å². The van der Waals surface area contributed by atoms with Crippen molar-refractivity contribution in [2.45, 2.75) is 38.1 Å². The van der Waals surface area contributed by atoms with Crippen LogP contribution in [-0.4, -0.2) is 45.5 Å². The highest BCUT2D eigenvalue weighted by atomic mass is 16.7. The van der Waals surface area contributed by atoms with Gasteiger partial charge in [-0.05, 0) is 31.0 Å². The number of carbonyl (C=O) groups excluding carboxylic acids is 1. The third kappa shape index (κ3) is 3.96. The predicted molar refractivity (Wildman–Crippen MR) is 96.4 cm³/mol. The molecule has 6 nitrogen and oxygen atoms in total. The summed E-state index contributed by atoms with van der Waals surface area (Å²) in [6.45, 7) is 4.40. The van der Waals surface area contributed by atoms with Gasteiger partial charge in [0, 0.05) is 11.5 Å². The van der Waals surface area contributed by atoms with Crippen LogP contribution in [-0.2, 0) is 9.53 Å². The number of carbonyl (C=O) groups is 1. The quantitative estimate of drug-likeness (QED) is 0.824. The zero-order valence-corrected chi connectivity index (χ0v) is 15.3. The van der Waals surface area contributed by atoms with Gasteiger partial charge in [0.15, 0.2) is 11.5 Å². The van der Waals surface area contributed by atoms with Crippen LogP contribution in [0.2, 0.25) is 0 Å². The Morgan fingerprint density at radius 2 is 1.88 bits per heavy atom. The van der Waals surface area contributed by atoms with Crippen molar-refractivity contribution in [3.8, 4) is 11.5 Å². The molecule has 1 saturated heterocycles. The second-order valence-electron chi connectivity index (χ2n) is 7.52. The van der Waals surface area contributed by atoms with Crippen molar-refractivity contribution in [3.63, 3.8) is 0 Å². The maximum absolute atomic E-state index is 12.6. The van der Waals surface area contributed by atoms with Crippen molar-refractivity contribution in [3.05, 3.63) is 23.8 Å². The van der Waals surface area contributed by atoms with Gasteiger partial charge in [-0.2, -0.15) is 0 Å². The number of ether oxygens (including phenoxy) is 3. The molecule has 0 bridgehead atoms. The molecule has 0 spiro atoms. The van der Waals surface area contributed by atoms with Crippen LogP contribution in [0.1, 0.15) is 43.7 Å². The summed E-state index contributed by atoms with van der Waals surface area (Å²) >= 11 is 0. The summed E-state index contributed by atoms with van der Waals surface area (Å²) in [7, 11) is 0. The lowest BCUT2D eigenvalue weighted by Crippen LogP contribution is -3.15. The number of amides is 1. The molecule has 2 heterocycles. The highest BCUT2D eigenvalue weighted by molar-refractivity contribution is 5.78. The number of nitrogens with one attached hydrogen (secondary N) is 2. The Labute approximate surface area is 154 Å². The van der Waals surface area contributed by atoms with E-state index >= 15 is 0 Å². The minimum atomic E-state index is 0.195. The second-order valence-corrected chi connectivity index (χ2v) is 7.52. The van der Waals surface area contributed by atoms with Gasteiger partial charge in [-0.15, -0.1) is 0 Å². The fourth-order valence-corrected chi connectivity index (χ4v) is 4.32. The molecule has 0 radical (unpaired) electrons. The molecule has 0 unspecified atom stereocenters. The first-order valence-electron chi connectivity index (χ1n) is 9.91. The molecule has 3 aliphatic rings. The van der Waals surface area contributed by atoms with Gasteiger partial charge in [-0.25, -0.2) is 0 Å². The highest BCUT2D eigenvalue weighted by Crippen LogP contribution is 2.33. The molecule has 1 aromatic carbocycles. The Kier molecular flexibility index (Phi) is 5.60. The number of benzene rings is 1. The van der Waals surface area contributed by atoms with E-state index in [-0.39, 0.29) is 24.7 Å². The molecule has 1 amide bonds. The first-order valence-corrected chi connectivity index (χ1v) is 9.91. The van der Waals surface area contributed by atoms with Gasteiger partial charge in [-0.1, -0.05) is 19.3 Å². The summed E-state index contributed by atoms with van der Waals surface area (Å²) in [4.78, 5) is 14.1. The Balaban J connectivity index is 1.46. The average molecular weight is 361 g/mol. The van der Waals surface area contributed by atoms with E-state index < -0.39 is 0 Å². The van der Waals surface area contributed by atoms with E-state index in [1.54, 1.807) is 0 Å². The van der Waals surface area contributed by atoms with Gasteiger partial charge >= 0.3 is 0 Å². The van der Waals surface area contributed by atoms with Gasteiger partial charge in [0.2, 0.25) is 12.7 Å². The fraction of sp³-hybridized carbons (Fsp3) is 0.650. The van der Waals surface area contributed by atoms with Crippen molar-refractivity contribution in [1.82, 2.24) is 5.32 Å². The Hall–Kier alpha value is -1.79. The highest BCUT2D eigenvalue weighted by Gasteiger charge is 2.30. The first kappa shape index (κ1) is 17.6. The van der Waals surface area contributed by atoms with Gasteiger partial charge in [0.25, 0.3) is 0 Å². The fourth-order valence-electron chi connectivity index (χ4n) is 4.32. The first-order chi connectivity index (χ1) is 12.8. The van der Waals surface area contributed by atoms with Crippen molar-refractivity contribution in [2.75, 3.05) is 39.6 Å². The molecular weight excluding hydrogens is 332 g/mol. The largest absolute Gasteiger partial charge is 0.454 e. The minimum absolute atomic E-state index is 0.195. The van der Waals surface area contributed by atoms with E-state index in [1.807, 2.05) is 6.07 Å². The van der Waals surface area contributed by atoms with Crippen molar-refractivity contribution in [1.29, 1.82) is 0 Å². The van der Waals surface area contributed by atoms with Gasteiger partial charge in [0.05, 0.1) is 19.8 Å². The van der Waals surface area contributed by atoms with Gasteiger partial charge in [-0.3, -0.25) is 4.79 Å². The molecular formula is C20H29N2O4+. The average Bonchev–Trinajstić information content (AvgIpc) is 3.17. The smallest absolute Gasteiger partial charge is 0.231 e. The van der Waals surface area contributed by atoms with E-state index in [1.165, 1.54) is 29.7 Å². The van der Waals surface area contributed by atoms with Crippen LogP contribution in [0.15, 0.2) is 18.2 Å². The summed E-state index contributed by atoms with van der Waals surface area (Å²) in [5, 5.41) is 3.24. The number of rotatable bonds is 5. The minimum Gasteiger partial charge on any atom is -0.454 e. The molecule has 1 saturated carbocycles. The monoisotopic (exact) mass is 361 g/mol. The maximum atomic E-state index is 12.6. The molecule has 142 valence electrons. The van der Waals surface area contributed by atoms with E-state index in [0.29, 0.717) is 6.54 Å². The van der Waals surface area contributed by atoms with Crippen molar-refractivity contribution in [2.24, 2.45) is 5.92 Å². The van der Waals surface area contributed by atoms with E-state index in [9.17, 15) is 4.79 Å². The van der Waals surface area contributed by atoms with Crippen LogP contribution in [0, 0.1) is 5.92 Å². The number of quaternary nitrogens is 1. The molecule has 1 aromatic rings. The summed E-state index contributed by atoms with van der Waals surface area (Å²) in [6.07, 6.45) is 5.69. The van der Waals surface area contributed by atoms with Crippen LogP contribution < -0.4 is 19.7 Å². The molecule has 2 aliphatic heterocycles. The molecule has 26 heavy (non-hydrogen) atoms. The van der Waals surface area contributed by atoms with Crippen LogP contribution in [0.3, 0.4) is 0 Å². The van der Waals surface area contributed by atoms with E-state index in [0.717, 1.165) is 50.6 Å². The zero-order chi connectivity index (χ0) is 17.8. The van der Waals surface area contributed by atoms with Gasteiger partial charge < -0.3 is 24.4 Å². The standard InChI is InChI=1S/C20H28N2O4/c23-20(15-4-2-1-3-5-15)21-13-17(22-8-10-24-11-9-22)16-6-7-18-19(12-16)26-14-25-18/h6-7,12,15,17H,1-5,8-11,13-14H2,(H,21,23)/p+1/t17-/m0/s1. The molecule has 1 atom stereocenters. The summed E-state index contributed by atoms with van der Waals surface area (Å²) in [5.74, 6) is 2.03. The molecule has 4 rings (SSSR count). The molecule has 2 N–H and O–H groups in total. The molecule has 0 aromatic heterocycles. The Bertz CT molecular complexity index is 624. The Morgan fingerprint density at radius 1 is 1.12 bits per heavy atom. The lowest BCUT2D eigenvalue weighted by atomic mass is 9.88. The SMILES string of the molecule is O=C(NC[C@@H](c1ccc2c(c1)OCO2)[NH+]1CCOCC1)C1CCCCC1. The normalized spacial score (nSPS) is 22.2. The van der Waals surface area contributed by atoms with E-state index in [2.05, 4.69) is 17.4 Å². The van der Waals surface area contributed by atoms with Gasteiger partial charge in [0.1, 0.15) is 19.1 Å². The second kappa shape index (κ2) is 8.27. The summed E-state index contributed by atoms with van der Waals surface area (Å²) in [6, 6.07) is 6.37. The zero-order valence-electron chi connectivity index (χ0n) is 15.3. The van der Waals surface area contributed by atoms with Crippen LogP contribution >= 0.6 is 0 Å². The third-order valence-electron chi connectivity index (χ3n) is 5.88. The van der Waals surface area contributed by atoms with Crippen molar-refractivity contribution >= 4 is 5.91 Å². The van der Waals surface area contributed by atoms with Crippen LogP contribution in [0.5, 0.6) is 11.5 Å². The summed E-state index contributed by atoms with van der Waals surface area (Å²) < 4.78 is 16.5. The number of hydrogen-bond acceptors (Lipinski definition) is 4. The predicted octanol–water partition coefficient (Wildman–Crippen LogP) is 1.07. The number of morpholine rings is 1. The number of hydrogen-bond donors (Lipinski definition) is 2. The Morgan fingerprint density at radius 3 is 2.69 bits per heavy atom. The van der Waals surface area contributed by atoms with Crippen LogP contribution in [0.25, 0.3) is 0 Å². The number of fused-ring (bicyclic) bond motifs is 1. The van der Waals surface area contributed by atoms with Crippen LogP contribution in [0.4, 0.5) is 0 Å². The summed E-state index contributed by atoms with van der Waals surface area (Å²) in [5.41, 5.74) is 1.19. The van der Waals surface area contributed by atoms with Crippen molar-refractivity contribution < 1.29 is 23.9 Å². The molecule has 1 aliphatic carbocycles. The third-order valence-corrected chi connectivity index (χ3v) is 5.88. The maximum Gasteiger partial charge on any atom is 0.231 e. The lowest BCUT2D eigenvalue weighted by molar-refractivity contribution is -0.937. The van der Waals surface area contributed by atoms with E-state index in [4.69, 9.17) is 14.2 Å². The lowest BCUT2D eigenvalue weighted by Gasteiger charge is -2.32. The molecule has 2 fully saturated rings. The molecule has 6 heteroatoms.